The summed E-state index contributed by atoms with van der Waals surface area (Å²) in [6.45, 7) is 4.43. The highest BCUT2D eigenvalue weighted by molar-refractivity contribution is 7.99. The molecule has 0 aliphatic heterocycles. The van der Waals surface area contributed by atoms with Crippen molar-refractivity contribution in [3.8, 4) is 10.7 Å². The van der Waals surface area contributed by atoms with Crippen molar-refractivity contribution in [2.45, 2.75) is 11.7 Å². The summed E-state index contributed by atoms with van der Waals surface area (Å²) in [7, 11) is 0. The molecule has 0 spiro atoms. The van der Waals surface area contributed by atoms with Gasteiger partial charge in [-0.3, -0.25) is 9.36 Å². The van der Waals surface area contributed by atoms with Gasteiger partial charge in [0.05, 0.1) is 10.6 Å². The van der Waals surface area contributed by atoms with Crippen molar-refractivity contribution in [2.24, 2.45) is 0 Å². The number of fused-ring (bicyclic) bond motifs is 1. The summed E-state index contributed by atoms with van der Waals surface area (Å²) in [5, 5.41) is 13.5. The van der Waals surface area contributed by atoms with Crippen molar-refractivity contribution in [2.75, 3.05) is 5.75 Å². The smallest absolute Gasteiger partial charge is 0.192 e. The minimum absolute atomic E-state index is 0.0802. The zero-order chi connectivity index (χ0) is 18.6. The Labute approximate surface area is 165 Å². The third-order valence-electron chi connectivity index (χ3n) is 4.17. The monoisotopic (exact) mass is 391 g/mol. The third-order valence-corrected chi connectivity index (χ3v) is 6.01. The number of Topliss-reactive ketones (excluding diaryl/α,β-unsaturated/α-hetero) is 1. The predicted molar refractivity (Wildman–Crippen MR) is 113 cm³/mol. The molecule has 2 aromatic heterocycles. The summed E-state index contributed by atoms with van der Waals surface area (Å²) in [6, 6.07) is 17.9. The molecule has 0 saturated heterocycles. The molecule has 4 nitrogen and oxygen atoms in total. The lowest BCUT2D eigenvalue weighted by molar-refractivity contribution is 0.102. The van der Waals surface area contributed by atoms with E-state index in [4.69, 9.17) is 0 Å². The van der Waals surface area contributed by atoms with Crippen LogP contribution in [0.3, 0.4) is 0 Å². The van der Waals surface area contributed by atoms with Crippen LogP contribution in [0, 0.1) is 0 Å². The van der Waals surface area contributed by atoms with Gasteiger partial charge in [0, 0.05) is 12.1 Å². The maximum absolute atomic E-state index is 12.7. The van der Waals surface area contributed by atoms with Crippen molar-refractivity contribution in [3.63, 3.8) is 0 Å². The first kappa shape index (κ1) is 17.7. The Balaban J connectivity index is 1.54. The molecule has 4 rings (SSSR count). The fourth-order valence-corrected chi connectivity index (χ4v) is 4.41. The molecule has 0 radical (unpaired) electrons. The van der Waals surface area contributed by atoms with Crippen LogP contribution >= 0.6 is 23.1 Å². The first-order valence-corrected chi connectivity index (χ1v) is 10.4. The minimum atomic E-state index is 0.0802. The molecule has 0 aliphatic rings. The summed E-state index contributed by atoms with van der Waals surface area (Å²) in [5.41, 5.74) is 0.717. The number of nitrogens with zero attached hydrogens (tertiary/aromatic N) is 3. The maximum Gasteiger partial charge on any atom is 0.192 e. The van der Waals surface area contributed by atoms with Crippen LogP contribution < -0.4 is 0 Å². The van der Waals surface area contributed by atoms with E-state index in [0.29, 0.717) is 12.3 Å². The second-order valence-electron chi connectivity index (χ2n) is 5.96. The van der Waals surface area contributed by atoms with Crippen molar-refractivity contribution < 1.29 is 4.79 Å². The van der Waals surface area contributed by atoms with Gasteiger partial charge in [-0.2, -0.15) is 0 Å². The molecule has 0 N–H and O–H groups in total. The van der Waals surface area contributed by atoms with E-state index >= 15 is 0 Å². The van der Waals surface area contributed by atoms with Gasteiger partial charge in [0.1, 0.15) is 0 Å². The van der Waals surface area contributed by atoms with E-state index in [-0.39, 0.29) is 5.78 Å². The molecule has 0 aliphatic carbocycles. The number of allylic oxidation sites excluding steroid dienone is 1. The van der Waals surface area contributed by atoms with E-state index in [1.54, 1.807) is 11.3 Å². The highest BCUT2D eigenvalue weighted by Crippen LogP contribution is 2.28. The molecule has 27 heavy (non-hydrogen) atoms. The van der Waals surface area contributed by atoms with Crippen molar-refractivity contribution in [1.29, 1.82) is 0 Å². The molecule has 0 bridgehead atoms. The van der Waals surface area contributed by atoms with Gasteiger partial charge in [-0.15, -0.1) is 28.1 Å². The molecule has 0 amide bonds. The van der Waals surface area contributed by atoms with E-state index in [9.17, 15) is 4.79 Å². The zero-order valence-corrected chi connectivity index (χ0v) is 16.2. The molecule has 0 unspecified atom stereocenters. The summed E-state index contributed by atoms with van der Waals surface area (Å²) in [4.78, 5) is 13.7. The van der Waals surface area contributed by atoms with Gasteiger partial charge in [0.25, 0.3) is 0 Å². The van der Waals surface area contributed by atoms with Gasteiger partial charge in [0.2, 0.25) is 0 Å². The molecular formula is C21H17N3OS2. The molecule has 2 heterocycles. The largest absolute Gasteiger partial charge is 0.297 e. The lowest BCUT2D eigenvalue weighted by Crippen LogP contribution is -2.05. The van der Waals surface area contributed by atoms with Crippen LogP contribution in [0.5, 0.6) is 0 Å². The first-order valence-electron chi connectivity index (χ1n) is 8.49. The predicted octanol–water partition coefficient (Wildman–Crippen LogP) is 5.32. The number of rotatable bonds is 7. The Morgan fingerprint density at radius 1 is 1.11 bits per heavy atom. The van der Waals surface area contributed by atoms with Gasteiger partial charge in [0.15, 0.2) is 16.8 Å². The van der Waals surface area contributed by atoms with E-state index in [0.717, 1.165) is 32.2 Å². The average molecular weight is 392 g/mol. The summed E-state index contributed by atoms with van der Waals surface area (Å²) >= 11 is 3.03. The average Bonchev–Trinajstić information content (AvgIpc) is 3.36. The fourth-order valence-electron chi connectivity index (χ4n) is 2.85. The number of carbonyl (C=O) groups is 1. The minimum Gasteiger partial charge on any atom is -0.297 e. The first-order chi connectivity index (χ1) is 13.3. The topological polar surface area (TPSA) is 47.8 Å². The van der Waals surface area contributed by atoms with Crippen LogP contribution in [-0.2, 0) is 6.54 Å². The van der Waals surface area contributed by atoms with Crippen LogP contribution in [-0.4, -0.2) is 26.3 Å². The highest BCUT2D eigenvalue weighted by atomic mass is 32.2. The second-order valence-corrected chi connectivity index (χ2v) is 7.85. The van der Waals surface area contributed by atoms with Gasteiger partial charge in [-0.05, 0) is 28.3 Å². The molecular weight excluding hydrogens is 374 g/mol. The Morgan fingerprint density at radius 2 is 1.96 bits per heavy atom. The van der Waals surface area contributed by atoms with Crippen molar-refractivity contribution in [1.82, 2.24) is 14.8 Å². The number of hydrogen-bond donors (Lipinski definition) is 0. The molecule has 0 fully saturated rings. The van der Waals surface area contributed by atoms with Gasteiger partial charge >= 0.3 is 0 Å². The molecule has 2 aromatic carbocycles. The van der Waals surface area contributed by atoms with E-state index in [1.165, 1.54) is 11.8 Å². The lowest BCUT2D eigenvalue weighted by atomic mass is 10.1. The summed E-state index contributed by atoms with van der Waals surface area (Å²) in [6.07, 6.45) is 1.82. The van der Waals surface area contributed by atoms with Gasteiger partial charge in [-0.1, -0.05) is 60.3 Å². The summed E-state index contributed by atoms with van der Waals surface area (Å²) in [5.74, 6) is 1.21. The molecule has 134 valence electrons. The molecule has 0 saturated carbocycles. The standard InChI is InChI=1S/C21H17N3OS2/c1-2-11-24-20(19-8-5-12-26-19)22-23-21(24)27-14-18(25)17-10-9-15-6-3-4-7-16(15)13-17/h2-10,12-13H,1,11,14H2. The van der Waals surface area contributed by atoms with E-state index in [1.807, 2.05) is 70.6 Å². The molecule has 0 atom stereocenters. The third kappa shape index (κ3) is 3.72. The number of aromatic nitrogens is 3. The molecule has 6 heteroatoms. The number of benzene rings is 2. The number of ketones is 1. The number of thioether (sulfide) groups is 1. The Morgan fingerprint density at radius 3 is 2.74 bits per heavy atom. The lowest BCUT2D eigenvalue weighted by Gasteiger charge is -2.07. The normalized spacial score (nSPS) is 11.0. The van der Waals surface area contributed by atoms with Crippen molar-refractivity contribution in [3.05, 3.63) is 78.2 Å². The van der Waals surface area contributed by atoms with E-state index < -0.39 is 0 Å². The van der Waals surface area contributed by atoms with Crippen LogP contribution in [0.1, 0.15) is 10.4 Å². The Bertz CT molecular complexity index is 1100. The quantitative estimate of drug-likeness (QED) is 0.243. The second kappa shape index (κ2) is 7.90. The number of carbonyl (C=O) groups excluding carboxylic acids is 1. The van der Waals surface area contributed by atoms with Crippen LogP contribution in [0.4, 0.5) is 0 Å². The Kier molecular flexibility index (Phi) is 5.18. The highest BCUT2D eigenvalue weighted by Gasteiger charge is 2.16. The summed E-state index contributed by atoms with van der Waals surface area (Å²) < 4.78 is 2.00. The van der Waals surface area contributed by atoms with Crippen LogP contribution in [0.25, 0.3) is 21.5 Å². The van der Waals surface area contributed by atoms with Crippen LogP contribution in [0.15, 0.2) is 77.8 Å². The zero-order valence-electron chi connectivity index (χ0n) is 14.5. The number of hydrogen-bond acceptors (Lipinski definition) is 5. The number of thiophene rings is 1. The Hall–Kier alpha value is -2.70. The van der Waals surface area contributed by atoms with Crippen LogP contribution in [0.2, 0.25) is 0 Å². The van der Waals surface area contributed by atoms with Gasteiger partial charge in [-0.25, -0.2) is 0 Å². The van der Waals surface area contributed by atoms with E-state index in [2.05, 4.69) is 16.8 Å². The SMILES string of the molecule is C=CCn1c(SCC(=O)c2ccc3ccccc3c2)nnc1-c1cccs1. The molecule has 4 aromatic rings. The van der Waals surface area contributed by atoms with Crippen molar-refractivity contribution >= 4 is 39.7 Å². The maximum atomic E-state index is 12.7. The van der Waals surface area contributed by atoms with Gasteiger partial charge < -0.3 is 0 Å². The fraction of sp³-hybridized carbons (Fsp3) is 0.0952.